The summed E-state index contributed by atoms with van der Waals surface area (Å²) in [5.74, 6) is 1.36. The van der Waals surface area contributed by atoms with Crippen LogP contribution in [0.2, 0.25) is 0 Å². The van der Waals surface area contributed by atoms with Crippen LogP contribution in [0.25, 0.3) is 0 Å². The van der Waals surface area contributed by atoms with Crippen LogP contribution in [0.15, 0.2) is 18.2 Å². The highest BCUT2D eigenvalue weighted by Crippen LogP contribution is 2.28. The first-order valence-corrected chi connectivity index (χ1v) is 8.49. The Kier molecular flexibility index (Phi) is 5.76. The molecule has 2 N–H and O–H groups in total. The Morgan fingerprint density at radius 3 is 2.52 bits per heavy atom. The maximum absolute atomic E-state index is 12.4. The number of hydrogen-bond acceptors (Lipinski definition) is 5. The Balaban J connectivity index is 2.13. The van der Waals surface area contributed by atoms with Gasteiger partial charge in [-0.25, -0.2) is 4.79 Å². The number of nitrogens with one attached hydrogen (secondary N) is 1. The first-order valence-electron chi connectivity index (χ1n) is 7.34. The minimum Gasteiger partial charge on any atom is -0.497 e. The van der Waals surface area contributed by atoms with Crippen molar-refractivity contribution < 1.29 is 24.2 Å². The minimum absolute atomic E-state index is 0.0442. The van der Waals surface area contributed by atoms with Gasteiger partial charge in [-0.2, -0.15) is 11.8 Å². The quantitative estimate of drug-likeness (QED) is 0.821. The number of carbonyl (C=O) groups is 2. The molecular weight excluding hydrogens is 318 g/mol. The molecule has 0 radical (unpaired) electrons. The highest BCUT2D eigenvalue weighted by Gasteiger charge is 2.41. The normalized spacial score (nSPS) is 16.4. The second-order valence-corrected chi connectivity index (χ2v) is 6.63. The number of methoxy groups -OCH3 is 2. The van der Waals surface area contributed by atoms with Crippen LogP contribution >= 0.6 is 11.8 Å². The fourth-order valence-corrected chi connectivity index (χ4v) is 3.81. The van der Waals surface area contributed by atoms with Crippen molar-refractivity contribution in [2.24, 2.45) is 0 Å². The topological polar surface area (TPSA) is 84.9 Å². The Labute approximate surface area is 139 Å². The number of ether oxygens (including phenoxy) is 2. The van der Waals surface area contributed by atoms with Crippen molar-refractivity contribution in [1.29, 1.82) is 0 Å². The summed E-state index contributed by atoms with van der Waals surface area (Å²) in [6, 6.07) is 5.20. The lowest BCUT2D eigenvalue weighted by atomic mass is 9.92. The first-order chi connectivity index (χ1) is 11.0. The SMILES string of the molecule is COc1ccc(OC)c(CC(=O)NC2(C(=O)O)CCSCC2)c1. The van der Waals surface area contributed by atoms with E-state index in [4.69, 9.17) is 9.47 Å². The number of amides is 1. The van der Waals surface area contributed by atoms with Crippen LogP contribution in [0.3, 0.4) is 0 Å². The zero-order valence-corrected chi connectivity index (χ0v) is 14.1. The summed E-state index contributed by atoms with van der Waals surface area (Å²) in [5.41, 5.74) is -0.496. The van der Waals surface area contributed by atoms with Crippen molar-refractivity contribution in [1.82, 2.24) is 5.32 Å². The maximum Gasteiger partial charge on any atom is 0.329 e. The van der Waals surface area contributed by atoms with Crippen LogP contribution in [-0.4, -0.2) is 48.2 Å². The maximum atomic E-state index is 12.4. The molecule has 7 heteroatoms. The summed E-state index contributed by atoms with van der Waals surface area (Å²) < 4.78 is 10.4. The van der Waals surface area contributed by atoms with E-state index in [9.17, 15) is 14.7 Å². The third kappa shape index (κ3) is 4.10. The molecule has 0 atom stereocenters. The summed E-state index contributed by atoms with van der Waals surface area (Å²) >= 11 is 1.71. The number of hydrogen-bond donors (Lipinski definition) is 2. The lowest BCUT2D eigenvalue weighted by molar-refractivity contribution is -0.148. The van der Waals surface area contributed by atoms with Gasteiger partial charge < -0.3 is 19.9 Å². The zero-order valence-electron chi connectivity index (χ0n) is 13.3. The third-order valence-corrected chi connectivity index (χ3v) is 4.96. The fraction of sp³-hybridized carbons (Fsp3) is 0.500. The lowest BCUT2D eigenvalue weighted by Gasteiger charge is -2.33. The number of rotatable bonds is 6. The molecule has 1 fully saturated rings. The molecule has 1 aliphatic rings. The van der Waals surface area contributed by atoms with Gasteiger partial charge in [0.1, 0.15) is 17.0 Å². The van der Waals surface area contributed by atoms with Gasteiger partial charge in [-0.05, 0) is 42.5 Å². The first kappa shape index (κ1) is 17.5. The van der Waals surface area contributed by atoms with Gasteiger partial charge >= 0.3 is 5.97 Å². The van der Waals surface area contributed by atoms with E-state index in [1.165, 1.54) is 7.11 Å². The zero-order chi connectivity index (χ0) is 16.9. The third-order valence-electron chi connectivity index (χ3n) is 3.97. The van der Waals surface area contributed by atoms with Crippen molar-refractivity contribution in [3.63, 3.8) is 0 Å². The average molecular weight is 339 g/mol. The number of benzene rings is 1. The van der Waals surface area contributed by atoms with E-state index in [0.29, 0.717) is 29.9 Å². The van der Waals surface area contributed by atoms with Crippen molar-refractivity contribution in [2.45, 2.75) is 24.8 Å². The largest absolute Gasteiger partial charge is 0.497 e. The minimum atomic E-state index is -1.16. The highest BCUT2D eigenvalue weighted by molar-refractivity contribution is 7.99. The van der Waals surface area contributed by atoms with Gasteiger partial charge in [0.25, 0.3) is 0 Å². The van der Waals surface area contributed by atoms with Crippen LogP contribution in [-0.2, 0) is 16.0 Å². The number of aliphatic carboxylic acids is 1. The monoisotopic (exact) mass is 339 g/mol. The Morgan fingerprint density at radius 2 is 1.96 bits per heavy atom. The molecule has 1 aromatic rings. The molecule has 0 unspecified atom stereocenters. The summed E-state index contributed by atoms with van der Waals surface area (Å²) in [6.07, 6.45) is 0.921. The van der Waals surface area contributed by atoms with Gasteiger partial charge in [-0.3, -0.25) is 4.79 Å². The summed E-state index contributed by atoms with van der Waals surface area (Å²) in [4.78, 5) is 24.0. The molecule has 0 aliphatic carbocycles. The molecule has 2 rings (SSSR count). The summed E-state index contributed by atoms with van der Waals surface area (Å²) in [5, 5.41) is 12.2. The molecule has 1 heterocycles. The van der Waals surface area contributed by atoms with Crippen LogP contribution < -0.4 is 14.8 Å². The Hall–Kier alpha value is -1.89. The average Bonchev–Trinajstić information content (AvgIpc) is 2.55. The van der Waals surface area contributed by atoms with Gasteiger partial charge in [0.2, 0.25) is 5.91 Å². The van der Waals surface area contributed by atoms with Gasteiger partial charge in [-0.15, -0.1) is 0 Å². The molecule has 126 valence electrons. The van der Waals surface area contributed by atoms with E-state index in [0.717, 1.165) is 11.5 Å². The highest BCUT2D eigenvalue weighted by atomic mass is 32.2. The Bertz CT molecular complexity index is 584. The second kappa shape index (κ2) is 7.59. The summed E-state index contributed by atoms with van der Waals surface area (Å²) in [7, 11) is 3.07. The predicted molar refractivity (Wildman–Crippen MR) is 88.3 cm³/mol. The van der Waals surface area contributed by atoms with Crippen molar-refractivity contribution in [3.05, 3.63) is 23.8 Å². The molecule has 0 aromatic heterocycles. The van der Waals surface area contributed by atoms with Crippen molar-refractivity contribution in [2.75, 3.05) is 25.7 Å². The molecule has 0 saturated carbocycles. The van der Waals surface area contributed by atoms with Gasteiger partial charge in [0, 0.05) is 5.56 Å². The molecule has 1 amide bonds. The van der Waals surface area contributed by atoms with Crippen molar-refractivity contribution >= 4 is 23.6 Å². The van der Waals surface area contributed by atoms with E-state index in [-0.39, 0.29) is 12.3 Å². The van der Waals surface area contributed by atoms with Crippen LogP contribution in [0.5, 0.6) is 11.5 Å². The molecule has 1 saturated heterocycles. The smallest absolute Gasteiger partial charge is 0.329 e. The predicted octanol–water partition coefficient (Wildman–Crippen LogP) is 1.71. The Morgan fingerprint density at radius 1 is 1.26 bits per heavy atom. The molecule has 1 aliphatic heterocycles. The fourth-order valence-electron chi connectivity index (χ4n) is 2.62. The van der Waals surface area contributed by atoms with Gasteiger partial charge in [-0.1, -0.05) is 0 Å². The number of thioether (sulfide) groups is 1. The second-order valence-electron chi connectivity index (χ2n) is 5.40. The van der Waals surface area contributed by atoms with Crippen LogP contribution in [0.1, 0.15) is 18.4 Å². The van der Waals surface area contributed by atoms with E-state index in [1.807, 2.05) is 0 Å². The van der Waals surface area contributed by atoms with E-state index in [2.05, 4.69) is 5.32 Å². The molecular formula is C16H21NO5S. The van der Waals surface area contributed by atoms with Crippen LogP contribution in [0, 0.1) is 0 Å². The van der Waals surface area contributed by atoms with E-state index >= 15 is 0 Å². The van der Waals surface area contributed by atoms with Crippen molar-refractivity contribution in [3.8, 4) is 11.5 Å². The van der Waals surface area contributed by atoms with E-state index in [1.54, 1.807) is 37.1 Å². The molecule has 23 heavy (non-hydrogen) atoms. The standard InChI is InChI=1S/C16H21NO5S/c1-21-12-3-4-13(22-2)11(9-12)10-14(18)17-16(15(19)20)5-7-23-8-6-16/h3-4,9H,5-8,10H2,1-2H3,(H,17,18)(H,19,20). The van der Waals surface area contributed by atoms with Crippen LogP contribution in [0.4, 0.5) is 0 Å². The number of carboxylic acid groups (broad SMARTS) is 1. The number of carboxylic acids is 1. The molecule has 1 aromatic carbocycles. The molecule has 6 nitrogen and oxygen atoms in total. The number of carbonyl (C=O) groups excluding carboxylic acids is 1. The lowest BCUT2D eigenvalue weighted by Crippen LogP contribution is -2.56. The molecule has 0 spiro atoms. The summed E-state index contributed by atoms with van der Waals surface area (Å²) in [6.45, 7) is 0. The van der Waals surface area contributed by atoms with E-state index < -0.39 is 11.5 Å². The van der Waals surface area contributed by atoms with Gasteiger partial charge in [0.15, 0.2) is 0 Å². The van der Waals surface area contributed by atoms with Gasteiger partial charge in [0.05, 0.1) is 20.6 Å². The molecule has 0 bridgehead atoms.